The minimum absolute atomic E-state index is 0.125. The fourth-order valence-corrected chi connectivity index (χ4v) is 4.41. The van der Waals surface area contributed by atoms with Crippen LogP contribution >= 0.6 is 11.3 Å². The monoisotopic (exact) mass is 369 g/mol. The Morgan fingerprint density at radius 1 is 1.21 bits per heavy atom. The summed E-state index contributed by atoms with van der Waals surface area (Å²) in [7, 11) is -1.96. The second-order valence-electron chi connectivity index (χ2n) is 5.09. The number of aromatic nitrogens is 2. The molecular formula is C15H13F2N3O2S2. The molecular weight excluding hydrogens is 356 g/mol. The summed E-state index contributed by atoms with van der Waals surface area (Å²) >= 11 is 1.11. The van der Waals surface area contributed by atoms with Gasteiger partial charge in [0.2, 0.25) is 10.0 Å². The van der Waals surface area contributed by atoms with Gasteiger partial charge in [0.25, 0.3) is 0 Å². The summed E-state index contributed by atoms with van der Waals surface area (Å²) in [5, 5.41) is 4.05. The molecule has 5 nitrogen and oxygen atoms in total. The molecule has 0 atom stereocenters. The number of nitrogens with zero attached hydrogens (tertiary/aromatic N) is 2. The van der Waals surface area contributed by atoms with Gasteiger partial charge in [0.15, 0.2) is 11.6 Å². The van der Waals surface area contributed by atoms with E-state index in [2.05, 4.69) is 9.82 Å². The van der Waals surface area contributed by atoms with Gasteiger partial charge in [-0.3, -0.25) is 4.68 Å². The van der Waals surface area contributed by atoms with E-state index >= 15 is 0 Å². The molecule has 126 valence electrons. The van der Waals surface area contributed by atoms with Crippen molar-refractivity contribution in [3.63, 3.8) is 0 Å². The quantitative estimate of drug-likeness (QED) is 0.752. The first-order chi connectivity index (χ1) is 11.3. The average Bonchev–Trinajstić information content (AvgIpc) is 3.17. The maximum Gasteiger partial charge on any atom is 0.250 e. The predicted molar refractivity (Wildman–Crippen MR) is 86.9 cm³/mol. The normalized spacial score (nSPS) is 11.8. The van der Waals surface area contributed by atoms with Crippen molar-refractivity contribution in [1.29, 1.82) is 0 Å². The van der Waals surface area contributed by atoms with Gasteiger partial charge in [-0.15, -0.1) is 11.3 Å². The highest BCUT2D eigenvalue weighted by Gasteiger charge is 2.18. The first kappa shape index (κ1) is 16.7. The molecule has 0 bridgehead atoms. The second-order valence-corrected chi connectivity index (χ2v) is 8.17. The van der Waals surface area contributed by atoms with Crippen molar-refractivity contribution in [2.24, 2.45) is 7.05 Å². The Hall–Kier alpha value is -2.10. The van der Waals surface area contributed by atoms with E-state index in [4.69, 9.17) is 0 Å². The van der Waals surface area contributed by atoms with Crippen LogP contribution in [0.5, 0.6) is 0 Å². The lowest BCUT2D eigenvalue weighted by Gasteiger charge is -2.05. The van der Waals surface area contributed by atoms with E-state index < -0.39 is 21.7 Å². The molecule has 0 amide bonds. The third-order valence-electron chi connectivity index (χ3n) is 3.29. The third kappa shape index (κ3) is 3.53. The van der Waals surface area contributed by atoms with Crippen LogP contribution in [0.15, 0.2) is 46.9 Å². The largest absolute Gasteiger partial charge is 0.275 e. The molecule has 2 heterocycles. The highest BCUT2D eigenvalue weighted by molar-refractivity contribution is 7.91. The van der Waals surface area contributed by atoms with Crippen molar-refractivity contribution >= 4 is 21.4 Å². The molecule has 2 aromatic heterocycles. The Bertz CT molecular complexity index is 980. The Labute approximate surface area is 141 Å². The maximum absolute atomic E-state index is 13.2. The number of rotatable bonds is 5. The lowest BCUT2D eigenvalue weighted by atomic mass is 10.2. The second kappa shape index (κ2) is 6.42. The topological polar surface area (TPSA) is 64.0 Å². The number of halogens is 2. The summed E-state index contributed by atoms with van der Waals surface area (Å²) in [6, 6.07) is 6.46. The molecule has 24 heavy (non-hydrogen) atoms. The van der Waals surface area contributed by atoms with Crippen LogP contribution in [0.4, 0.5) is 8.78 Å². The molecule has 0 aliphatic carbocycles. The first-order valence-corrected chi connectivity index (χ1v) is 9.17. The summed E-state index contributed by atoms with van der Waals surface area (Å²) < 4.78 is 54.8. The Balaban J connectivity index is 1.76. The summed E-state index contributed by atoms with van der Waals surface area (Å²) in [5.74, 6) is -1.98. The van der Waals surface area contributed by atoms with E-state index in [1.807, 2.05) is 0 Å². The minimum Gasteiger partial charge on any atom is -0.275 e. The van der Waals surface area contributed by atoms with Gasteiger partial charge in [0.1, 0.15) is 4.21 Å². The van der Waals surface area contributed by atoms with Crippen LogP contribution in [0.3, 0.4) is 0 Å². The van der Waals surface area contributed by atoms with Crippen LogP contribution in [0.25, 0.3) is 10.4 Å². The molecule has 0 aliphatic rings. The smallest absolute Gasteiger partial charge is 0.250 e. The van der Waals surface area contributed by atoms with E-state index in [1.165, 1.54) is 12.1 Å². The van der Waals surface area contributed by atoms with Crippen LogP contribution in [0, 0.1) is 11.6 Å². The SMILES string of the molecule is Cn1cc(-c2ccc(S(=O)(=O)NCc3ccc(F)c(F)c3)s2)cn1. The molecule has 1 N–H and O–H groups in total. The summed E-state index contributed by atoms with van der Waals surface area (Å²) in [6.45, 7) is -0.125. The van der Waals surface area contributed by atoms with Gasteiger partial charge < -0.3 is 0 Å². The van der Waals surface area contributed by atoms with E-state index in [0.717, 1.165) is 33.9 Å². The molecule has 0 unspecified atom stereocenters. The number of aryl methyl sites for hydroxylation is 1. The van der Waals surface area contributed by atoms with Crippen LogP contribution in [0.1, 0.15) is 5.56 Å². The van der Waals surface area contributed by atoms with Gasteiger partial charge in [-0.25, -0.2) is 21.9 Å². The molecule has 0 saturated carbocycles. The number of hydrogen-bond donors (Lipinski definition) is 1. The van der Waals surface area contributed by atoms with Gasteiger partial charge >= 0.3 is 0 Å². The Kier molecular flexibility index (Phi) is 4.48. The van der Waals surface area contributed by atoms with Gasteiger partial charge in [-0.1, -0.05) is 6.07 Å². The number of benzene rings is 1. The van der Waals surface area contributed by atoms with Crippen molar-refractivity contribution in [2.45, 2.75) is 10.8 Å². The molecule has 1 aromatic carbocycles. The molecule has 0 fully saturated rings. The molecule has 9 heteroatoms. The van der Waals surface area contributed by atoms with Crippen molar-refractivity contribution in [1.82, 2.24) is 14.5 Å². The fourth-order valence-electron chi connectivity index (χ4n) is 2.07. The number of hydrogen-bond acceptors (Lipinski definition) is 4. The van der Waals surface area contributed by atoms with Crippen LogP contribution < -0.4 is 4.72 Å². The van der Waals surface area contributed by atoms with E-state index in [0.29, 0.717) is 5.56 Å². The zero-order valence-electron chi connectivity index (χ0n) is 12.5. The average molecular weight is 369 g/mol. The van der Waals surface area contributed by atoms with Crippen molar-refractivity contribution in [3.05, 3.63) is 59.9 Å². The van der Waals surface area contributed by atoms with Gasteiger partial charge in [0, 0.05) is 30.2 Å². The minimum atomic E-state index is -3.74. The zero-order valence-corrected chi connectivity index (χ0v) is 14.2. The van der Waals surface area contributed by atoms with E-state index in [9.17, 15) is 17.2 Å². The van der Waals surface area contributed by atoms with Crippen molar-refractivity contribution in [2.75, 3.05) is 0 Å². The van der Waals surface area contributed by atoms with Crippen molar-refractivity contribution in [3.8, 4) is 10.4 Å². The zero-order chi connectivity index (χ0) is 17.3. The Morgan fingerprint density at radius 3 is 2.67 bits per heavy atom. The first-order valence-electron chi connectivity index (χ1n) is 6.87. The molecule has 0 aliphatic heterocycles. The fraction of sp³-hybridized carbons (Fsp3) is 0.133. The highest BCUT2D eigenvalue weighted by atomic mass is 32.2. The van der Waals surface area contributed by atoms with Crippen LogP contribution in [-0.2, 0) is 23.6 Å². The third-order valence-corrected chi connectivity index (χ3v) is 6.31. The van der Waals surface area contributed by atoms with E-state index in [-0.39, 0.29) is 10.8 Å². The summed E-state index contributed by atoms with van der Waals surface area (Å²) in [5.41, 5.74) is 1.16. The molecule has 0 spiro atoms. The van der Waals surface area contributed by atoms with Gasteiger partial charge in [-0.05, 0) is 29.8 Å². The maximum atomic E-state index is 13.2. The van der Waals surface area contributed by atoms with Gasteiger partial charge in [0.05, 0.1) is 6.20 Å². The summed E-state index contributed by atoms with van der Waals surface area (Å²) in [6.07, 6.45) is 3.44. The molecule has 0 radical (unpaired) electrons. The van der Waals surface area contributed by atoms with Gasteiger partial charge in [-0.2, -0.15) is 5.10 Å². The number of sulfonamides is 1. The molecule has 3 aromatic rings. The standard InChI is InChI=1S/C15H13F2N3O2S2/c1-20-9-11(8-18-20)14-4-5-15(23-14)24(21,22)19-7-10-2-3-12(16)13(17)6-10/h2-6,8-9,19H,7H2,1H3. The Morgan fingerprint density at radius 2 is 2.00 bits per heavy atom. The molecule has 3 rings (SSSR count). The van der Waals surface area contributed by atoms with E-state index in [1.54, 1.807) is 30.2 Å². The van der Waals surface area contributed by atoms with Crippen LogP contribution in [-0.4, -0.2) is 18.2 Å². The number of nitrogens with one attached hydrogen (secondary N) is 1. The lowest BCUT2D eigenvalue weighted by Crippen LogP contribution is -2.22. The highest BCUT2D eigenvalue weighted by Crippen LogP contribution is 2.30. The predicted octanol–water partition coefficient (Wildman–Crippen LogP) is 2.91. The lowest BCUT2D eigenvalue weighted by molar-refractivity contribution is 0.506. The van der Waals surface area contributed by atoms with Crippen molar-refractivity contribution < 1.29 is 17.2 Å². The molecule has 0 saturated heterocycles. The summed E-state index contributed by atoms with van der Waals surface area (Å²) in [4.78, 5) is 0.774. The van der Waals surface area contributed by atoms with Crippen LogP contribution in [0.2, 0.25) is 0 Å². The number of thiophene rings is 1.